The molecule has 0 unspecified atom stereocenters. The van der Waals surface area contributed by atoms with Crippen molar-refractivity contribution in [3.05, 3.63) is 41.5 Å². The van der Waals surface area contributed by atoms with E-state index in [1.54, 1.807) is 0 Å². The minimum Gasteiger partial charge on any atom is -0.484 e. The Labute approximate surface area is 93.2 Å². The third-order valence-electron chi connectivity index (χ3n) is 2.08. The summed E-state index contributed by atoms with van der Waals surface area (Å²) in [6.07, 6.45) is 0. The lowest BCUT2D eigenvalue weighted by Crippen LogP contribution is -1.99. The van der Waals surface area contributed by atoms with Gasteiger partial charge in [-0.1, -0.05) is 22.9 Å². The molecule has 0 fully saturated rings. The van der Waals surface area contributed by atoms with Gasteiger partial charge < -0.3 is 15.0 Å². The molecule has 0 bridgehead atoms. The van der Waals surface area contributed by atoms with Crippen molar-refractivity contribution in [3.8, 4) is 5.75 Å². The van der Waals surface area contributed by atoms with Gasteiger partial charge in [0.1, 0.15) is 5.75 Å². The van der Waals surface area contributed by atoms with Crippen LogP contribution in [-0.2, 0) is 13.2 Å². The third-order valence-corrected chi connectivity index (χ3v) is 2.08. The van der Waals surface area contributed by atoms with E-state index in [4.69, 9.17) is 15.0 Å². The molecule has 1 aromatic heterocycles. The van der Waals surface area contributed by atoms with E-state index < -0.39 is 0 Å². The van der Waals surface area contributed by atoms with E-state index in [9.17, 15) is 0 Å². The maximum Gasteiger partial charge on any atom is 0.264 e. The molecule has 2 N–H and O–H groups in total. The zero-order valence-corrected chi connectivity index (χ0v) is 9.01. The maximum absolute atomic E-state index is 5.47. The van der Waals surface area contributed by atoms with Gasteiger partial charge in [-0.2, -0.15) is 4.98 Å². The Morgan fingerprint density at radius 1 is 1.31 bits per heavy atom. The Bertz CT molecular complexity index is 451. The number of aromatic nitrogens is 2. The highest BCUT2D eigenvalue weighted by molar-refractivity contribution is 5.26. The van der Waals surface area contributed by atoms with E-state index in [1.807, 2.05) is 31.2 Å². The van der Waals surface area contributed by atoms with E-state index in [-0.39, 0.29) is 13.2 Å². The van der Waals surface area contributed by atoms with Crippen LogP contribution in [0.25, 0.3) is 0 Å². The first-order valence-electron chi connectivity index (χ1n) is 4.99. The van der Waals surface area contributed by atoms with Crippen LogP contribution in [0.1, 0.15) is 17.3 Å². The number of nitrogens with two attached hydrogens (primary N) is 1. The lowest BCUT2D eigenvalue weighted by Gasteiger charge is -2.02. The first-order chi connectivity index (χ1) is 7.78. The summed E-state index contributed by atoms with van der Waals surface area (Å²) in [4.78, 5) is 4.03. The van der Waals surface area contributed by atoms with Crippen LogP contribution in [0.4, 0.5) is 0 Å². The Morgan fingerprint density at radius 3 is 2.69 bits per heavy atom. The van der Waals surface area contributed by atoms with Gasteiger partial charge in [0, 0.05) is 0 Å². The third kappa shape index (κ3) is 2.58. The Balaban J connectivity index is 1.94. The normalized spacial score (nSPS) is 10.4. The van der Waals surface area contributed by atoms with E-state index in [0.717, 1.165) is 5.75 Å². The summed E-state index contributed by atoms with van der Waals surface area (Å²) < 4.78 is 10.4. The van der Waals surface area contributed by atoms with Gasteiger partial charge in [-0.3, -0.25) is 0 Å². The monoisotopic (exact) mass is 219 g/mol. The van der Waals surface area contributed by atoms with Gasteiger partial charge in [0.15, 0.2) is 12.4 Å². The van der Waals surface area contributed by atoms with Gasteiger partial charge in [-0.25, -0.2) is 0 Å². The number of rotatable bonds is 4. The van der Waals surface area contributed by atoms with E-state index in [0.29, 0.717) is 11.7 Å². The van der Waals surface area contributed by atoms with Crippen LogP contribution in [0, 0.1) is 6.92 Å². The average molecular weight is 219 g/mol. The largest absolute Gasteiger partial charge is 0.484 e. The maximum atomic E-state index is 5.47. The van der Waals surface area contributed by atoms with Crippen LogP contribution in [-0.4, -0.2) is 10.1 Å². The molecule has 0 spiro atoms. The highest BCUT2D eigenvalue weighted by Gasteiger charge is 2.04. The molecule has 16 heavy (non-hydrogen) atoms. The van der Waals surface area contributed by atoms with Gasteiger partial charge in [-0.05, 0) is 19.1 Å². The molecular formula is C11H13N3O2. The second kappa shape index (κ2) is 4.76. The second-order valence-corrected chi connectivity index (χ2v) is 3.41. The fraction of sp³-hybridized carbons (Fsp3) is 0.273. The number of benzene rings is 1. The van der Waals surface area contributed by atoms with Gasteiger partial charge >= 0.3 is 0 Å². The second-order valence-electron chi connectivity index (χ2n) is 3.41. The fourth-order valence-corrected chi connectivity index (χ4v) is 1.21. The summed E-state index contributed by atoms with van der Waals surface area (Å²) in [5, 5.41) is 3.67. The number of hydrogen-bond donors (Lipinski definition) is 1. The standard InChI is InChI=1S/C11H13N3O2/c1-8-2-4-9(5-3-8)15-7-11-13-10(6-12)14-16-11/h2-5H,6-7,12H2,1H3. The van der Waals surface area contributed by atoms with Crippen molar-refractivity contribution in [2.24, 2.45) is 5.73 Å². The van der Waals surface area contributed by atoms with Crippen molar-refractivity contribution in [2.75, 3.05) is 0 Å². The van der Waals surface area contributed by atoms with Crippen molar-refractivity contribution in [1.29, 1.82) is 0 Å². The smallest absolute Gasteiger partial charge is 0.264 e. The molecule has 0 amide bonds. The molecule has 0 aliphatic heterocycles. The SMILES string of the molecule is Cc1ccc(OCc2nc(CN)no2)cc1. The molecule has 0 aliphatic rings. The minimum atomic E-state index is 0.260. The van der Waals surface area contributed by atoms with Gasteiger partial charge in [0.2, 0.25) is 0 Å². The molecule has 5 nitrogen and oxygen atoms in total. The molecule has 0 atom stereocenters. The molecule has 1 heterocycles. The van der Waals surface area contributed by atoms with Crippen molar-refractivity contribution in [2.45, 2.75) is 20.1 Å². The van der Waals surface area contributed by atoms with E-state index in [2.05, 4.69) is 10.1 Å². The summed E-state index contributed by atoms with van der Waals surface area (Å²) in [7, 11) is 0. The topological polar surface area (TPSA) is 74.2 Å². The zero-order valence-electron chi connectivity index (χ0n) is 9.01. The van der Waals surface area contributed by atoms with E-state index in [1.165, 1.54) is 5.56 Å². The van der Waals surface area contributed by atoms with Gasteiger partial charge in [-0.15, -0.1) is 0 Å². The molecule has 0 radical (unpaired) electrons. The number of nitrogens with zero attached hydrogens (tertiary/aromatic N) is 2. The average Bonchev–Trinajstić information content (AvgIpc) is 2.76. The summed E-state index contributed by atoms with van der Waals surface area (Å²) >= 11 is 0. The van der Waals surface area contributed by atoms with Crippen molar-refractivity contribution in [3.63, 3.8) is 0 Å². The summed E-state index contributed by atoms with van der Waals surface area (Å²) in [6.45, 7) is 2.55. The van der Waals surface area contributed by atoms with Crippen LogP contribution in [0.5, 0.6) is 5.75 Å². The quantitative estimate of drug-likeness (QED) is 0.841. The molecule has 5 heteroatoms. The zero-order chi connectivity index (χ0) is 11.4. The van der Waals surface area contributed by atoms with Crippen molar-refractivity contribution >= 4 is 0 Å². The van der Waals surface area contributed by atoms with Gasteiger partial charge in [0.05, 0.1) is 6.54 Å². The number of aryl methyl sites for hydroxylation is 1. The molecule has 84 valence electrons. The first-order valence-corrected chi connectivity index (χ1v) is 4.99. The van der Waals surface area contributed by atoms with E-state index >= 15 is 0 Å². The lowest BCUT2D eigenvalue weighted by molar-refractivity contribution is 0.242. The molecule has 1 aromatic carbocycles. The molecule has 2 aromatic rings. The van der Waals surface area contributed by atoms with Crippen molar-refractivity contribution in [1.82, 2.24) is 10.1 Å². The van der Waals surface area contributed by atoms with Gasteiger partial charge in [0.25, 0.3) is 5.89 Å². The van der Waals surface area contributed by atoms with Crippen LogP contribution in [0.2, 0.25) is 0 Å². The van der Waals surface area contributed by atoms with Crippen molar-refractivity contribution < 1.29 is 9.26 Å². The summed E-state index contributed by atoms with van der Waals surface area (Å²) in [5.41, 5.74) is 6.55. The Morgan fingerprint density at radius 2 is 2.06 bits per heavy atom. The molecule has 0 saturated heterocycles. The molecular weight excluding hydrogens is 206 g/mol. The van der Waals surface area contributed by atoms with Crippen LogP contribution in [0.15, 0.2) is 28.8 Å². The number of hydrogen-bond acceptors (Lipinski definition) is 5. The summed E-state index contributed by atoms with van der Waals surface area (Å²) in [6, 6.07) is 7.76. The Kier molecular flexibility index (Phi) is 3.16. The Hall–Kier alpha value is -1.88. The fourth-order valence-electron chi connectivity index (χ4n) is 1.21. The predicted molar refractivity (Wildman–Crippen MR) is 57.7 cm³/mol. The molecule has 2 rings (SSSR count). The highest BCUT2D eigenvalue weighted by atomic mass is 16.5. The van der Waals surface area contributed by atoms with Crippen LogP contribution in [0.3, 0.4) is 0 Å². The van der Waals surface area contributed by atoms with Crippen LogP contribution >= 0.6 is 0 Å². The minimum absolute atomic E-state index is 0.260. The molecule has 0 saturated carbocycles. The predicted octanol–water partition coefficient (Wildman–Crippen LogP) is 1.42. The first kappa shape index (κ1) is 10.6. The highest BCUT2D eigenvalue weighted by Crippen LogP contribution is 2.12. The summed E-state index contributed by atoms with van der Waals surface area (Å²) in [5.74, 6) is 1.70. The van der Waals surface area contributed by atoms with Crippen LogP contribution < -0.4 is 10.5 Å². The lowest BCUT2D eigenvalue weighted by atomic mass is 10.2. The number of ether oxygens (including phenoxy) is 1. The molecule has 0 aliphatic carbocycles.